The van der Waals surface area contributed by atoms with Crippen LogP contribution >= 0.6 is 0 Å². The molecule has 1 atom stereocenters. The third-order valence-electron chi connectivity index (χ3n) is 2.67. The first-order chi connectivity index (χ1) is 8.04. The van der Waals surface area contributed by atoms with E-state index in [1.807, 2.05) is 0 Å². The molecule has 0 radical (unpaired) electrons. The van der Waals surface area contributed by atoms with Crippen LogP contribution < -0.4 is 0 Å². The Morgan fingerprint density at radius 2 is 1.88 bits per heavy atom. The molecule has 0 aliphatic carbocycles. The van der Waals surface area contributed by atoms with Crippen molar-refractivity contribution in [2.75, 3.05) is 0 Å². The average Bonchev–Trinajstić information content (AvgIpc) is 2.63. The highest BCUT2D eigenvalue weighted by atomic mass is 16.3. The van der Waals surface area contributed by atoms with Crippen LogP contribution in [0.2, 0.25) is 0 Å². The molecule has 0 amide bonds. The molecule has 0 aliphatic rings. The van der Waals surface area contributed by atoms with E-state index in [1.54, 1.807) is 17.9 Å². The highest BCUT2D eigenvalue weighted by molar-refractivity contribution is 5.29. The van der Waals surface area contributed by atoms with Crippen molar-refractivity contribution >= 4 is 0 Å². The van der Waals surface area contributed by atoms with Crippen molar-refractivity contribution in [2.24, 2.45) is 7.05 Å². The van der Waals surface area contributed by atoms with E-state index in [9.17, 15) is 5.11 Å². The van der Waals surface area contributed by atoms with Gasteiger partial charge in [-0.15, -0.1) is 5.10 Å². The third kappa shape index (κ3) is 2.91. The van der Waals surface area contributed by atoms with Gasteiger partial charge in [-0.3, -0.25) is 4.68 Å². The Morgan fingerprint density at radius 3 is 2.41 bits per heavy atom. The summed E-state index contributed by atoms with van der Waals surface area (Å²) in [4.78, 5) is 0. The first-order valence-corrected chi connectivity index (χ1v) is 5.66. The van der Waals surface area contributed by atoms with Crippen molar-refractivity contribution < 1.29 is 5.11 Å². The molecular formula is C13H17N3O. The molecule has 1 unspecified atom stereocenters. The van der Waals surface area contributed by atoms with Crippen LogP contribution in [0.1, 0.15) is 28.5 Å². The largest absolute Gasteiger partial charge is 0.386 e. The maximum Gasteiger partial charge on any atom is 0.111 e. The van der Waals surface area contributed by atoms with Gasteiger partial charge in [-0.2, -0.15) is 0 Å². The maximum absolute atomic E-state index is 10.1. The summed E-state index contributed by atoms with van der Waals surface area (Å²) in [6.45, 7) is 4.12. The molecule has 1 N–H and O–H groups in total. The van der Waals surface area contributed by atoms with Crippen LogP contribution in [0, 0.1) is 13.8 Å². The van der Waals surface area contributed by atoms with Gasteiger partial charge in [-0.25, -0.2) is 0 Å². The number of nitrogens with zero attached hydrogens (tertiary/aromatic N) is 3. The Bertz CT molecular complexity index is 499. The molecule has 0 aliphatic heterocycles. The minimum atomic E-state index is -0.593. The summed E-state index contributed by atoms with van der Waals surface area (Å²) in [5.41, 5.74) is 4.17. The molecule has 17 heavy (non-hydrogen) atoms. The predicted molar refractivity (Wildman–Crippen MR) is 65.6 cm³/mol. The number of aliphatic hydroxyl groups is 1. The molecule has 0 fully saturated rings. The number of benzene rings is 1. The summed E-state index contributed by atoms with van der Waals surface area (Å²) in [6.07, 6.45) is 1.72. The molecule has 0 bridgehead atoms. The van der Waals surface area contributed by atoms with E-state index >= 15 is 0 Å². The van der Waals surface area contributed by atoms with Gasteiger partial charge in [-0.1, -0.05) is 34.5 Å². The van der Waals surface area contributed by atoms with Gasteiger partial charge in [0.15, 0.2) is 0 Å². The van der Waals surface area contributed by atoms with E-state index < -0.39 is 6.10 Å². The number of aliphatic hydroxyl groups excluding tert-OH is 1. The number of aryl methyl sites for hydroxylation is 3. The van der Waals surface area contributed by atoms with Gasteiger partial charge in [0.2, 0.25) is 0 Å². The van der Waals surface area contributed by atoms with Gasteiger partial charge in [0, 0.05) is 13.5 Å². The van der Waals surface area contributed by atoms with E-state index in [0.717, 1.165) is 5.56 Å². The molecule has 90 valence electrons. The lowest BCUT2D eigenvalue weighted by molar-refractivity contribution is 0.173. The lowest BCUT2D eigenvalue weighted by Gasteiger charge is -2.09. The fourth-order valence-electron chi connectivity index (χ4n) is 2.03. The van der Waals surface area contributed by atoms with Crippen LogP contribution in [0.4, 0.5) is 0 Å². The number of hydrogen-bond donors (Lipinski definition) is 1. The summed E-state index contributed by atoms with van der Waals surface area (Å²) in [5.74, 6) is 0. The Balaban J connectivity index is 2.15. The molecule has 1 heterocycles. The lowest BCUT2D eigenvalue weighted by atomic mass is 10.0. The number of hydrogen-bond acceptors (Lipinski definition) is 3. The summed E-state index contributed by atoms with van der Waals surface area (Å²) in [7, 11) is 1.79. The first-order valence-electron chi connectivity index (χ1n) is 5.66. The van der Waals surface area contributed by atoms with Crippen LogP contribution in [0.15, 0.2) is 24.4 Å². The van der Waals surface area contributed by atoms with Crippen LogP contribution in [-0.4, -0.2) is 20.1 Å². The number of aromatic nitrogens is 3. The van der Waals surface area contributed by atoms with Crippen LogP contribution in [-0.2, 0) is 13.5 Å². The minimum absolute atomic E-state index is 0.571. The van der Waals surface area contributed by atoms with E-state index in [0.29, 0.717) is 12.1 Å². The maximum atomic E-state index is 10.1. The second-order valence-corrected chi connectivity index (χ2v) is 4.53. The van der Waals surface area contributed by atoms with Gasteiger partial charge in [0.1, 0.15) is 11.8 Å². The summed E-state index contributed by atoms with van der Waals surface area (Å²) < 4.78 is 1.60. The first kappa shape index (κ1) is 11.8. The molecule has 0 saturated carbocycles. The minimum Gasteiger partial charge on any atom is -0.386 e. The zero-order valence-electron chi connectivity index (χ0n) is 10.4. The number of rotatable bonds is 3. The molecule has 0 saturated heterocycles. The average molecular weight is 231 g/mol. The molecule has 2 rings (SSSR count). The fourth-order valence-corrected chi connectivity index (χ4v) is 2.03. The van der Waals surface area contributed by atoms with Crippen molar-refractivity contribution in [1.82, 2.24) is 15.0 Å². The highest BCUT2D eigenvalue weighted by Gasteiger charge is 2.12. The quantitative estimate of drug-likeness (QED) is 0.874. The van der Waals surface area contributed by atoms with E-state index in [-0.39, 0.29) is 0 Å². The van der Waals surface area contributed by atoms with E-state index in [1.165, 1.54) is 11.1 Å². The second kappa shape index (κ2) is 4.67. The molecule has 1 aromatic carbocycles. The van der Waals surface area contributed by atoms with Gasteiger partial charge in [0.05, 0.1) is 6.20 Å². The zero-order chi connectivity index (χ0) is 12.4. The smallest absolute Gasteiger partial charge is 0.111 e. The Kier molecular flexibility index (Phi) is 3.24. The predicted octanol–water partition coefficient (Wildman–Crippen LogP) is 1.71. The molecular weight excluding hydrogens is 214 g/mol. The van der Waals surface area contributed by atoms with Crippen LogP contribution in [0.5, 0.6) is 0 Å². The van der Waals surface area contributed by atoms with Crippen molar-refractivity contribution in [3.05, 3.63) is 46.8 Å². The lowest BCUT2D eigenvalue weighted by Crippen LogP contribution is -2.03. The molecule has 4 heteroatoms. The third-order valence-corrected chi connectivity index (χ3v) is 2.67. The summed E-state index contributed by atoms with van der Waals surface area (Å²) >= 11 is 0. The van der Waals surface area contributed by atoms with Crippen molar-refractivity contribution in [3.8, 4) is 0 Å². The van der Waals surface area contributed by atoms with E-state index in [2.05, 4.69) is 42.4 Å². The Hall–Kier alpha value is -1.68. The Labute approximate surface area is 101 Å². The second-order valence-electron chi connectivity index (χ2n) is 4.53. The summed E-state index contributed by atoms with van der Waals surface area (Å²) in [6, 6.07) is 6.30. The SMILES string of the molecule is Cc1cc(C)cc(CC(O)c2cn(C)nn2)c1. The van der Waals surface area contributed by atoms with Crippen molar-refractivity contribution in [3.63, 3.8) is 0 Å². The molecule has 4 nitrogen and oxygen atoms in total. The summed E-state index contributed by atoms with van der Waals surface area (Å²) in [5, 5.41) is 17.8. The van der Waals surface area contributed by atoms with Gasteiger partial charge in [0.25, 0.3) is 0 Å². The Morgan fingerprint density at radius 1 is 1.24 bits per heavy atom. The van der Waals surface area contributed by atoms with Crippen LogP contribution in [0.3, 0.4) is 0 Å². The monoisotopic (exact) mass is 231 g/mol. The highest BCUT2D eigenvalue weighted by Crippen LogP contribution is 2.17. The molecule has 2 aromatic rings. The normalized spacial score (nSPS) is 12.7. The molecule has 0 spiro atoms. The van der Waals surface area contributed by atoms with Gasteiger partial charge >= 0.3 is 0 Å². The van der Waals surface area contributed by atoms with Crippen molar-refractivity contribution in [1.29, 1.82) is 0 Å². The van der Waals surface area contributed by atoms with Crippen molar-refractivity contribution in [2.45, 2.75) is 26.4 Å². The molecule has 1 aromatic heterocycles. The van der Waals surface area contributed by atoms with Gasteiger partial charge < -0.3 is 5.11 Å². The topological polar surface area (TPSA) is 50.9 Å². The zero-order valence-corrected chi connectivity index (χ0v) is 10.4. The van der Waals surface area contributed by atoms with Crippen LogP contribution in [0.25, 0.3) is 0 Å². The van der Waals surface area contributed by atoms with E-state index in [4.69, 9.17) is 0 Å². The standard InChI is InChI=1S/C13H17N3O/c1-9-4-10(2)6-11(5-9)7-13(17)12-8-16(3)15-14-12/h4-6,8,13,17H,7H2,1-3H3. The van der Waals surface area contributed by atoms with Gasteiger partial charge in [-0.05, 0) is 19.4 Å². The fraction of sp³-hybridized carbons (Fsp3) is 0.385.